The van der Waals surface area contributed by atoms with Crippen molar-refractivity contribution in [3.8, 4) is 0 Å². The number of fused-ring (bicyclic) bond motifs is 1. The van der Waals surface area contributed by atoms with E-state index in [4.69, 9.17) is 9.97 Å². The molecule has 2 heterocycles. The van der Waals surface area contributed by atoms with E-state index in [1.807, 2.05) is 7.05 Å². The van der Waals surface area contributed by atoms with Gasteiger partial charge in [0.1, 0.15) is 5.52 Å². The van der Waals surface area contributed by atoms with Crippen LogP contribution < -0.4 is 9.62 Å². The molecular weight excluding hydrogens is 350 g/mol. The fourth-order valence-corrected chi connectivity index (χ4v) is 4.00. The Balaban J connectivity index is 2.16. The normalized spacial score (nSPS) is 16.3. The van der Waals surface area contributed by atoms with Crippen molar-refractivity contribution < 1.29 is 8.42 Å². The molecule has 1 aliphatic rings. The monoisotopic (exact) mass is 377 g/mol. The second-order valence-corrected chi connectivity index (χ2v) is 9.01. The second kappa shape index (κ2) is 7.44. The molecule has 0 bridgehead atoms. The third kappa shape index (κ3) is 3.66. The number of pyridine rings is 1. The van der Waals surface area contributed by atoms with Gasteiger partial charge in [0.2, 0.25) is 0 Å². The van der Waals surface area contributed by atoms with Crippen LogP contribution in [0.1, 0.15) is 57.6 Å². The summed E-state index contributed by atoms with van der Waals surface area (Å²) in [7, 11) is -0.239. The molecule has 1 fully saturated rings. The number of nitrogens with one attached hydrogen (secondary N) is 1. The van der Waals surface area contributed by atoms with Crippen molar-refractivity contribution in [3.05, 3.63) is 17.8 Å². The summed E-state index contributed by atoms with van der Waals surface area (Å²) in [4.78, 5) is 16.0. The molecule has 1 N–H and O–H groups in total. The van der Waals surface area contributed by atoms with E-state index in [-0.39, 0.29) is 11.1 Å². The Kier molecular flexibility index (Phi) is 5.43. The third-order valence-corrected chi connectivity index (χ3v) is 6.47. The van der Waals surface area contributed by atoms with Gasteiger partial charge in [-0.25, -0.2) is 28.1 Å². The lowest BCUT2D eigenvalue weighted by molar-refractivity contribution is 0.436. The number of nitrogens with zero attached hydrogens (tertiary/aromatic N) is 4. The van der Waals surface area contributed by atoms with Gasteiger partial charge in [0.15, 0.2) is 16.5 Å². The van der Waals surface area contributed by atoms with Crippen molar-refractivity contribution in [2.24, 2.45) is 0 Å². The molecule has 0 atom stereocenters. The van der Waals surface area contributed by atoms with Crippen LogP contribution in [0.4, 0.5) is 5.82 Å². The number of aromatic nitrogens is 3. The molecule has 0 spiro atoms. The zero-order valence-electron chi connectivity index (χ0n) is 15.9. The van der Waals surface area contributed by atoms with Crippen LogP contribution >= 0.6 is 0 Å². The van der Waals surface area contributed by atoms with Crippen molar-refractivity contribution in [3.63, 3.8) is 0 Å². The summed E-state index contributed by atoms with van der Waals surface area (Å²) in [6.07, 6.45) is 5.96. The highest BCUT2D eigenvalue weighted by Gasteiger charge is 2.25. The van der Waals surface area contributed by atoms with E-state index in [0.29, 0.717) is 17.1 Å². The molecule has 2 aromatic heterocycles. The first-order chi connectivity index (χ1) is 12.3. The maximum atomic E-state index is 12.1. The molecule has 0 aromatic carbocycles. The first kappa shape index (κ1) is 19.0. The molecule has 0 amide bonds. The summed E-state index contributed by atoms with van der Waals surface area (Å²) in [5.74, 6) is 1.21. The molecule has 1 saturated carbocycles. The van der Waals surface area contributed by atoms with Gasteiger partial charge >= 0.3 is 0 Å². The summed E-state index contributed by atoms with van der Waals surface area (Å²) in [5, 5.41) is -0.0367. The van der Waals surface area contributed by atoms with E-state index in [9.17, 15) is 8.42 Å². The van der Waals surface area contributed by atoms with Crippen LogP contribution in [0, 0.1) is 0 Å². The van der Waals surface area contributed by atoms with E-state index in [1.54, 1.807) is 6.07 Å². The number of rotatable bonds is 5. The van der Waals surface area contributed by atoms with Gasteiger partial charge in [-0.2, -0.15) is 0 Å². The molecule has 2 aromatic rings. The van der Waals surface area contributed by atoms with Crippen LogP contribution in [0.3, 0.4) is 0 Å². The quantitative estimate of drug-likeness (QED) is 0.862. The highest BCUT2D eigenvalue weighted by molar-refractivity contribution is 7.89. The standard InChI is InChI=1S/C18H27N5O2S/c1-12(2)23(4)18-16(13-8-6-5-7-9-13)20-14-10-11-15(21-17(14)22-18)26(24,25)19-3/h10-13,19H,5-9H2,1-4H3. The van der Waals surface area contributed by atoms with Gasteiger partial charge in [-0.3, -0.25) is 0 Å². The topological polar surface area (TPSA) is 88.1 Å². The highest BCUT2D eigenvalue weighted by atomic mass is 32.2. The minimum Gasteiger partial charge on any atom is -0.356 e. The minimum absolute atomic E-state index is 0.0367. The lowest BCUT2D eigenvalue weighted by atomic mass is 9.86. The third-order valence-electron chi connectivity index (χ3n) is 5.16. The zero-order chi connectivity index (χ0) is 18.9. The lowest BCUT2D eigenvalue weighted by Crippen LogP contribution is -2.29. The fourth-order valence-electron chi connectivity index (χ4n) is 3.34. The van der Waals surface area contributed by atoms with Gasteiger partial charge in [0.25, 0.3) is 10.0 Å². The first-order valence-electron chi connectivity index (χ1n) is 9.18. The Labute approximate surface area is 155 Å². The summed E-state index contributed by atoms with van der Waals surface area (Å²) < 4.78 is 26.4. The maximum absolute atomic E-state index is 12.1. The van der Waals surface area contributed by atoms with Crippen LogP contribution in [0.15, 0.2) is 17.2 Å². The summed E-state index contributed by atoms with van der Waals surface area (Å²) >= 11 is 0. The lowest BCUT2D eigenvalue weighted by Gasteiger charge is -2.29. The molecule has 7 nitrogen and oxygen atoms in total. The van der Waals surface area contributed by atoms with Crippen molar-refractivity contribution in [1.29, 1.82) is 0 Å². The van der Waals surface area contributed by atoms with Gasteiger partial charge in [0, 0.05) is 19.0 Å². The molecule has 0 unspecified atom stereocenters. The molecule has 3 rings (SSSR count). The Morgan fingerprint density at radius 1 is 1.12 bits per heavy atom. The van der Waals surface area contributed by atoms with Crippen LogP contribution in [0.5, 0.6) is 0 Å². The van der Waals surface area contributed by atoms with Crippen LogP contribution in [0.2, 0.25) is 0 Å². The molecule has 142 valence electrons. The molecule has 1 aliphatic carbocycles. The van der Waals surface area contributed by atoms with E-state index in [2.05, 4.69) is 28.5 Å². The number of hydrogen-bond donors (Lipinski definition) is 1. The molecular formula is C18H27N5O2S. The van der Waals surface area contributed by atoms with Crippen LogP contribution in [-0.4, -0.2) is 43.5 Å². The SMILES string of the molecule is CNS(=O)(=O)c1ccc2nc(C3CCCCC3)c(N(C)C(C)C)nc2n1. The largest absolute Gasteiger partial charge is 0.356 e. The zero-order valence-corrected chi connectivity index (χ0v) is 16.7. The summed E-state index contributed by atoms with van der Waals surface area (Å²) in [6.45, 7) is 4.21. The Bertz CT molecular complexity index is 892. The Morgan fingerprint density at radius 3 is 2.42 bits per heavy atom. The van der Waals surface area contributed by atoms with Gasteiger partial charge in [-0.05, 0) is 45.9 Å². The fraction of sp³-hybridized carbons (Fsp3) is 0.611. The summed E-state index contributed by atoms with van der Waals surface area (Å²) in [5.41, 5.74) is 2.02. The van der Waals surface area contributed by atoms with Crippen molar-refractivity contribution in [2.75, 3.05) is 19.0 Å². The smallest absolute Gasteiger partial charge is 0.257 e. The summed E-state index contributed by atoms with van der Waals surface area (Å²) in [6, 6.07) is 3.44. The van der Waals surface area contributed by atoms with Crippen LogP contribution in [-0.2, 0) is 10.0 Å². The Hall–Kier alpha value is -1.80. The van der Waals surface area contributed by atoms with E-state index < -0.39 is 10.0 Å². The van der Waals surface area contributed by atoms with Crippen LogP contribution in [0.25, 0.3) is 11.2 Å². The van der Waals surface area contributed by atoms with E-state index in [0.717, 1.165) is 24.4 Å². The second-order valence-electron chi connectivity index (χ2n) is 7.17. The van der Waals surface area contributed by atoms with Gasteiger partial charge < -0.3 is 4.90 Å². The maximum Gasteiger partial charge on any atom is 0.257 e. The number of anilines is 1. The molecule has 0 radical (unpaired) electrons. The molecule has 0 aliphatic heterocycles. The van der Waals surface area contributed by atoms with Gasteiger partial charge in [0.05, 0.1) is 5.69 Å². The molecule has 26 heavy (non-hydrogen) atoms. The highest BCUT2D eigenvalue weighted by Crippen LogP contribution is 2.36. The van der Waals surface area contributed by atoms with Crippen molar-refractivity contribution in [2.45, 2.75) is 62.9 Å². The van der Waals surface area contributed by atoms with Gasteiger partial charge in [-0.15, -0.1) is 0 Å². The van der Waals surface area contributed by atoms with E-state index in [1.165, 1.54) is 32.4 Å². The number of sulfonamides is 1. The molecule has 0 saturated heterocycles. The number of hydrogen-bond acceptors (Lipinski definition) is 6. The predicted octanol–water partition coefficient (Wildman–Crippen LogP) is 2.83. The predicted molar refractivity (Wildman–Crippen MR) is 103 cm³/mol. The van der Waals surface area contributed by atoms with Gasteiger partial charge in [-0.1, -0.05) is 19.3 Å². The Morgan fingerprint density at radius 2 is 1.81 bits per heavy atom. The average Bonchev–Trinajstić information content (AvgIpc) is 2.66. The van der Waals surface area contributed by atoms with E-state index >= 15 is 0 Å². The molecule has 8 heteroatoms. The first-order valence-corrected chi connectivity index (χ1v) is 10.7. The van der Waals surface area contributed by atoms with Crippen molar-refractivity contribution in [1.82, 2.24) is 19.7 Å². The van der Waals surface area contributed by atoms with Crippen molar-refractivity contribution >= 4 is 27.0 Å². The minimum atomic E-state index is -3.61. The average molecular weight is 378 g/mol.